The lowest BCUT2D eigenvalue weighted by atomic mass is 10.1. The van der Waals surface area contributed by atoms with E-state index in [0.717, 1.165) is 5.56 Å². The topological polar surface area (TPSA) is 56.5 Å². The second-order valence-electron chi connectivity index (χ2n) is 4.67. The number of benzene rings is 1. The monoisotopic (exact) mass is 310 g/mol. The minimum atomic E-state index is -0.555. The van der Waals surface area contributed by atoms with E-state index in [4.69, 9.17) is 9.47 Å². The average molecular weight is 310 g/mol. The second kappa shape index (κ2) is 7.23. The van der Waals surface area contributed by atoms with E-state index in [1.807, 2.05) is 30.3 Å². The number of nitrogens with zero attached hydrogens (tertiary/aromatic N) is 1. The van der Waals surface area contributed by atoms with E-state index in [0.29, 0.717) is 5.56 Å². The van der Waals surface area contributed by atoms with Crippen molar-refractivity contribution in [3.05, 3.63) is 65.0 Å². The van der Waals surface area contributed by atoms with E-state index in [1.165, 1.54) is 18.8 Å². The number of carbonyl (C=O) groups is 2. The molecule has 0 saturated carbocycles. The Labute approximate surface area is 134 Å². The number of hydrogen-bond donors (Lipinski definition) is 0. The molecule has 0 atom stereocenters. The van der Waals surface area contributed by atoms with Crippen LogP contribution in [0.5, 0.6) is 0 Å². The number of esters is 2. The zero-order valence-corrected chi connectivity index (χ0v) is 13.1. The molecule has 0 fully saturated rings. The third-order valence-electron chi connectivity index (χ3n) is 3.22. The Kier molecular flexibility index (Phi) is 5.11. The lowest BCUT2D eigenvalue weighted by Crippen LogP contribution is -2.43. The summed E-state index contributed by atoms with van der Waals surface area (Å²) >= 11 is 0. The quantitative estimate of drug-likeness (QED) is 0.479. The van der Waals surface area contributed by atoms with Crippen molar-refractivity contribution in [3.8, 4) is 11.8 Å². The van der Waals surface area contributed by atoms with E-state index in [1.54, 1.807) is 19.2 Å². The van der Waals surface area contributed by atoms with E-state index in [9.17, 15) is 9.59 Å². The van der Waals surface area contributed by atoms with Gasteiger partial charge in [0.25, 0.3) is 11.4 Å². The molecule has 0 aliphatic rings. The van der Waals surface area contributed by atoms with Crippen LogP contribution in [0.1, 0.15) is 32.1 Å². The Morgan fingerprint density at radius 1 is 0.870 bits per heavy atom. The smallest absolute Gasteiger partial charge is 0.403 e. The highest BCUT2D eigenvalue weighted by Gasteiger charge is 2.27. The van der Waals surface area contributed by atoms with Gasteiger partial charge in [-0.15, -0.1) is 0 Å². The lowest BCUT2D eigenvalue weighted by molar-refractivity contribution is -0.676. The van der Waals surface area contributed by atoms with Crippen LogP contribution in [-0.2, 0) is 16.5 Å². The number of methoxy groups -OCH3 is 2. The van der Waals surface area contributed by atoms with Gasteiger partial charge in [0.15, 0.2) is 0 Å². The van der Waals surface area contributed by atoms with Crippen molar-refractivity contribution in [3.63, 3.8) is 0 Å². The van der Waals surface area contributed by atoms with E-state index in [2.05, 4.69) is 11.8 Å². The fourth-order valence-corrected chi connectivity index (χ4v) is 2.00. The first kappa shape index (κ1) is 16.2. The molecule has 5 nitrogen and oxygen atoms in total. The minimum absolute atomic E-state index is 0.216. The van der Waals surface area contributed by atoms with Crippen LogP contribution in [0, 0.1) is 11.8 Å². The lowest BCUT2D eigenvalue weighted by Gasteiger charge is -2.03. The Balaban J connectivity index is 2.54. The van der Waals surface area contributed by atoms with Gasteiger partial charge in [-0.2, -0.15) is 4.57 Å². The molecule has 5 heteroatoms. The summed E-state index contributed by atoms with van der Waals surface area (Å²) in [6.07, 6.45) is 0. The third-order valence-corrected chi connectivity index (χ3v) is 3.22. The van der Waals surface area contributed by atoms with Crippen LogP contribution in [0.15, 0.2) is 42.5 Å². The highest BCUT2D eigenvalue weighted by atomic mass is 16.5. The van der Waals surface area contributed by atoms with Crippen molar-refractivity contribution in [1.29, 1.82) is 0 Å². The molecule has 0 unspecified atom stereocenters. The minimum Gasteiger partial charge on any atom is -0.461 e. The van der Waals surface area contributed by atoms with Crippen LogP contribution in [0.25, 0.3) is 0 Å². The molecule has 1 aromatic heterocycles. The molecule has 0 amide bonds. The Bertz CT molecular complexity index is 764. The van der Waals surface area contributed by atoms with Gasteiger partial charge in [0.2, 0.25) is 0 Å². The van der Waals surface area contributed by atoms with Gasteiger partial charge < -0.3 is 9.47 Å². The number of hydrogen-bond acceptors (Lipinski definition) is 4. The summed E-state index contributed by atoms with van der Waals surface area (Å²) in [6, 6.07) is 12.6. The maximum absolute atomic E-state index is 11.9. The molecule has 0 radical (unpaired) electrons. The summed E-state index contributed by atoms with van der Waals surface area (Å²) in [5, 5.41) is 0. The van der Waals surface area contributed by atoms with Crippen molar-refractivity contribution < 1.29 is 23.6 Å². The molecule has 116 valence electrons. The molecule has 0 aliphatic heterocycles. The molecule has 0 N–H and O–H groups in total. The summed E-state index contributed by atoms with van der Waals surface area (Å²) in [5.74, 6) is 4.82. The molecule has 1 heterocycles. The van der Waals surface area contributed by atoms with E-state index >= 15 is 0 Å². The zero-order valence-electron chi connectivity index (χ0n) is 13.1. The van der Waals surface area contributed by atoms with Gasteiger partial charge in [-0.3, -0.25) is 0 Å². The molecule has 0 aliphatic carbocycles. The highest BCUT2D eigenvalue weighted by Crippen LogP contribution is 2.07. The Morgan fingerprint density at radius 2 is 1.35 bits per heavy atom. The third kappa shape index (κ3) is 3.74. The van der Waals surface area contributed by atoms with E-state index in [-0.39, 0.29) is 11.4 Å². The van der Waals surface area contributed by atoms with Gasteiger partial charge in [0.1, 0.15) is 7.05 Å². The average Bonchev–Trinajstić information content (AvgIpc) is 2.60. The molecular formula is C18H16NO4+. The number of aromatic nitrogens is 1. The standard InChI is InChI=1S/C18H16NO4/c1-19-15(17(20)22-2)11-14(12-16(19)18(21)23-3)10-9-13-7-5-4-6-8-13/h4-8,11-12H,1-3H3/q+1. The number of rotatable bonds is 2. The summed E-state index contributed by atoms with van der Waals surface area (Å²) in [4.78, 5) is 23.8. The number of carbonyl (C=O) groups excluding carboxylic acids is 2. The van der Waals surface area contributed by atoms with Gasteiger partial charge in [0.05, 0.1) is 14.2 Å². The Hall–Kier alpha value is -3.13. The molecule has 2 rings (SSSR count). The largest absolute Gasteiger partial charge is 0.461 e. The number of ether oxygens (including phenoxy) is 2. The van der Waals surface area contributed by atoms with Crippen molar-refractivity contribution in [2.45, 2.75) is 0 Å². The summed E-state index contributed by atoms with van der Waals surface area (Å²) in [6.45, 7) is 0. The molecule has 1 aromatic carbocycles. The highest BCUT2D eigenvalue weighted by molar-refractivity contribution is 5.89. The Morgan fingerprint density at radius 3 is 1.83 bits per heavy atom. The van der Waals surface area contributed by atoms with Crippen molar-refractivity contribution >= 4 is 11.9 Å². The molecule has 0 bridgehead atoms. The first-order chi connectivity index (χ1) is 11.1. The summed E-state index contributed by atoms with van der Waals surface area (Å²) < 4.78 is 10.9. The maximum Gasteiger partial charge on any atom is 0.403 e. The fourth-order valence-electron chi connectivity index (χ4n) is 2.00. The molecule has 2 aromatic rings. The SMILES string of the molecule is COC(=O)c1cc(C#Cc2ccccc2)cc(C(=O)OC)[n+]1C. The zero-order chi connectivity index (χ0) is 16.8. The van der Waals surface area contributed by atoms with Crippen LogP contribution in [-0.4, -0.2) is 26.2 Å². The molecule has 0 saturated heterocycles. The van der Waals surface area contributed by atoms with Crippen LogP contribution in [0.2, 0.25) is 0 Å². The molecule has 0 spiro atoms. The van der Waals surface area contributed by atoms with Crippen LogP contribution in [0.4, 0.5) is 0 Å². The first-order valence-corrected chi connectivity index (χ1v) is 6.84. The second-order valence-corrected chi connectivity index (χ2v) is 4.67. The van der Waals surface area contributed by atoms with E-state index < -0.39 is 11.9 Å². The van der Waals surface area contributed by atoms with Gasteiger partial charge in [-0.25, -0.2) is 9.59 Å². The van der Waals surface area contributed by atoms with Crippen LogP contribution in [0.3, 0.4) is 0 Å². The van der Waals surface area contributed by atoms with Gasteiger partial charge in [0, 0.05) is 23.3 Å². The summed E-state index contributed by atoms with van der Waals surface area (Å²) in [7, 11) is 4.15. The van der Waals surface area contributed by atoms with Crippen LogP contribution < -0.4 is 4.57 Å². The first-order valence-electron chi connectivity index (χ1n) is 6.84. The van der Waals surface area contributed by atoms with Crippen molar-refractivity contribution in [2.24, 2.45) is 7.05 Å². The van der Waals surface area contributed by atoms with Gasteiger partial charge in [-0.05, 0) is 12.1 Å². The van der Waals surface area contributed by atoms with Gasteiger partial charge in [-0.1, -0.05) is 30.0 Å². The molecule has 23 heavy (non-hydrogen) atoms. The predicted octanol–water partition coefficient (Wildman–Crippen LogP) is 1.48. The molecular weight excluding hydrogens is 294 g/mol. The maximum atomic E-state index is 11.9. The van der Waals surface area contributed by atoms with Crippen molar-refractivity contribution in [1.82, 2.24) is 0 Å². The van der Waals surface area contributed by atoms with Crippen LogP contribution >= 0.6 is 0 Å². The summed E-state index contributed by atoms with van der Waals surface area (Å²) in [5.41, 5.74) is 1.79. The normalized spacial score (nSPS) is 9.52. The van der Waals surface area contributed by atoms with Crippen molar-refractivity contribution in [2.75, 3.05) is 14.2 Å². The van der Waals surface area contributed by atoms with Gasteiger partial charge >= 0.3 is 11.9 Å². The predicted molar refractivity (Wildman–Crippen MR) is 82.7 cm³/mol. The number of pyridine rings is 1. The fraction of sp³-hybridized carbons (Fsp3) is 0.167.